The predicted molar refractivity (Wildman–Crippen MR) is 57.7 cm³/mol. The van der Waals surface area contributed by atoms with Crippen LogP contribution < -0.4 is 5.32 Å². The molecule has 1 aromatic rings. The molecule has 4 heteroatoms. The Hall–Kier alpha value is -0.770. The lowest BCUT2D eigenvalue weighted by molar-refractivity contribution is 0.229. The number of rotatable bonds is 5. The minimum absolute atomic E-state index is 0.0220. The number of aliphatic hydroxyl groups excluding tert-OH is 2. The van der Waals surface area contributed by atoms with E-state index < -0.39 is 0 Å². The van der Waals surface area contributed by atoms with Gasteiger partial charge in [-0.25, -0.2) is 0 Å². The Balaban J connectivity index is 2.62. The van der Waals surface area contributed by atoms with Crippen LogP contribution in [0.4, 0.5) is 5.69 Å². The van der Waals surface area contributed by atoms with Gasteiger partial charge >= 0.3 is 0 Å². The summed E-state index contributed by atoms with van der Waals surface area (Å²) in [4.78, 5) is 0. The van der Waals surface area contributed by atoms with Crippen LogP contribution in [0.5, 0.6) is 0 Å². The van der Waals surface area contributed by atoms with Crippen LogP contribution in [0.3, 0.4) is 0 Å². The first kappa shape index (κ1) is 11.3. The Morgan fingerprint density at radius 1 is 1.29 bits per heavy atom. The molecule has 3 nitrogen and oxygen atoms in total. The van der Waals surface area contributed by atoms with E-state index in [1.165, 1.54) is 0 Å². The van der Waals surface area contributed by atoms with Gasteiger partial charge in [0.1, 0.15) is 0 Å². The number of nitrogens with one attached hydrogen (secondary N) is 1. The molecular formula is C10H14ClNO2. The molecule has 0 heterocycles. The van der Waals surface area contributed by atoms with Crippen LogP contribution in [0.15, 0.2) is 24.3 Å². The topological polar surface area (TPSA) is 52.5 Å². The van der Waals surface area contributed by atoms with E-state index in [4.69, 9.17) is 21.8 Å². The molecule has 78 valence electrons. The van der Waals surface area contributed by atoms with Crippen molar-refractivity contribution in [1.29, 1.82) is 0 Å². The van der Waals surface area contributed by atoms with Gasteiger partial charge in [-0.05, 0) is 18.6 Å². The summed E-state index contributed by atoms with van der Waals surface area (Å²) in [5, 5.41) is 21.4. The van der Waals surface area contributed by atoms with Crippen molar-refractivity contribution in [2.75, 3.05) is 18.5 Å². The molecule has 0 aromatic heterocycles. The average Bonchev–Trinajstić information content (AvgIpc) is 2.20. The normalized spacial score (nSPS) is 12.5. The van der Waals surface area contributed by atoms with Gasteiger partial charge in [0.15, 0.2) is 0 Å². The maximum atomic E-state index is 8.99. The zero-order valence-corrected chi connectivity index (χ0v) is 8.54. The molecular weight excluding hydrogens is 202 g/mol. The van der Waals surface area contributed by atoms with E-state index in [1.807, 2.05) is 18.2 Å². The SMILES string of the molecule is OCCC(CO)Nc1ccccc1Cl. The van der Waals surface area contributed by atoms with Crippen molar-refractivity contribution in [2.45, 2.75) is 12.5 Å². The number of hydrogen-bond donors (Lipinski definition) is 3. The quantitative estimate of drug-likeness (QED) is 0.698. The summed E-state index contributed by atoms with van der Waals surface area (Å²) in [6, 6.07) is 7.16. The van der Waals surface area contributed by atoms with Crippen molar-refractivity contribution in [3.8, 4) is 0 Å². The highest BCUT2D eigenvalue weighted by Gasteiger charge is 2.07. The second kappa shape index (κ2) is 5.86. The minimum atomic E-state index is -0.153. The van der Waals surface area contributed by atoms with Crippen molar-refractivity contribution < 1.29 is 10.2 Å². The van der Waals surface area contributed by atoms with Gasteiger partial charge in [0.2, 0.25) is 0 Å². The Labute approximate surface area is 88.3 Å². The number of hydrogen-bond acceptors (Lipinski definition) is 3. The van der Waals surface area contributed by atoms with Crippen molar-refractivity contribution in [2.24, 2.45) is 0 Å². The van der Waals surface area contributed by atoms with E-state index in [1.54, 1.807) is 6.07 Å². The predicted octanol–water partition coefficient (Wildman–Crippen LogP) is 1.50. The monoisotopic (exact) mass is 215 g/mol. The van der Waals surface area contributed by atoms with Gasteiger partial charge in [-0.3, -0.25) is 0 Å². The van der Waals surface area contributed by atoms with Gasteiger partial charge in [-0.1, -0.05) is 23.7 Å². The van der Waals surface area contributed by atoms with Crippen LogP contribution in [0, 0.1) is 0 Å². The van der Waals surface area contributed by atoms with Crippen molar-refractivity contribution in [3.63, 3.8) is 0 Å². The molecule has 1 unspecified atom stereocenters. The molecule has 1 aromatic carbocycles. The van der Waals surface area contributed by atoms with E-state index in [0.29, 0.717) is 11.4 Å². The summed E-state index contributed by atoms with van der Waals surface area (Å²) in [7, 11) is 0. The standard InChI is InChI=1S/C10H14ClNO2/c11-9-3-1-2-4-10(9)12-8(7-14)5-6-13/h1-4,8,12-14H,5-7H2. The molecule has 0 aliphatic carbocycles. The van der Waals surface area contributed by atoms with Crippen LogP contribution in [-0.4, -0.2) is 29.5 Å². The van der Waals surface area contributed by atoms with E-state index in [9.17, 15) is 0 Å². The van der Waals surface area contributed by atoms with Gasteiger partial charge in [0, 0.05) is 6.61 Å². The van der Waals surface area contributed by atoms with Gasteiger partial charge in [-0.2, -0.15) is 0 Å². The maximum Gasteiger partial charge on any atom is 0.0637 e. The first-order valence-corrected chi connectivity index (χ1v) is 4.88. The zero-order valence-electron chi connectivity index (χ0n) is 7.78. The van der Waals surface area contributed by atoms with E-state index in [2.05, 4.69) is 5.32 Å². The Kier molecular flexibility index (Phi) is 4.73. The van der Waals surface area contributed by atoms with Gasteiger partial charge in [0.25, 0.3) is 0 Å². The average molecular weight is 216 g/mol. The highest BCUT2D eigenvalue weighted by Crippen LogP contribution is 2.21. The van der Waals surface area contributed by atoms with Crippen molar-refractivity contribution in [3.05, 3.63) is 29.3 Å². The molecule has 0 bridgehead atoms. The van der Waals surface area contributed by atoms with Crippen LogP contribution in [0.1, 0.15) is 6.42 Å². The van der Waals surface area contributed by atoms with Gasteiger partial charge in [-0.15, -0.1) is 0 Å². The second-order valence-electron chi connectivity index (χ2n) is 3.02. The third kappa shape index (κ3) is 3.18. The van der Waals surface area contributed by atoms with Crippen molar-refractivity contribution in [1.82, 2.24) is 0 Å². The molecule has 0 saturated heterocycles. The molecule has 14 heavy (non-hydrogen) atoms. The number of anilines is 1. The Morgan fingerprint density at radius 3 is 2.57 bits per heavy atom. The number of halogens is 1. The maximum absolute atomic E-state index is 8.99. The third-order valence-corrected chi connectivity index (χ3v) is 2.26. The summed E-state index contributed by atoms with van der Waals surface area (Å²) in [5.74, 6) is 0. The van der Waals surface area contributed by atoms with E-state index in [0.717, 1.165) is 5.69 Å². The molecule has 3 N–H and O–H groups in total. The highest BCUT2D eigenvalue weighted by molar-refractivity contribution is 6.33. The largest absolute Gasteiger partial charge is 0.396 e. The highest BCUT2D eigenvalue weighted by atomic mass is 35.5. The molecule has 0 saturated carbocycles. The minimum Gasteiger partial charge on any atom is -0.396 e. The summed E-state index contributed by atoms with van der Waals surface area (Å²) in [6.45, 7) is 0.0223. The number of benzene rings is 1. The van der Waals surface area contributed by atoms with Crippen LogP contribution >= 0.6 is 11.6 Å². The molecule has 0 aliphatic heterocycles. The summed E-state index contributed by atoms with van der Waals surface area (Å²) in [6.07, 6.45) is 0.502. The molecule has 1 atom stereocenters. The fourth-order valence-electron chi connectivity index (χ4n) is 1.16. The molecule has 0 spiro atoms. The van der Waals surface area contributed by atoms with Crippen molar-refractivity contribution >= 4 is 17.3 Å². The summed E-state index contributed by atoms with van der Waals surface area (Å²) < 4.78 is 0. The van der Waals surface area contributed by atoms with Gasteiger partial charge < -0.3 is 15.5 Å². The fourth-order valence-corrected chi connectivity index (χ4v) is 1.35. The molecule has 0 amide bonds. The zero-order chi connectivity index (χ0) is 10.4. The fraction of sp³-hybridized carbons (Fsp3) is 0.400. The lowest BCUT2D eigenvalue weighted by atomic mass is 10.2. The molecule has 0 aliphatic rings. The third-order valence-electron chi connectivity index (χ3n) is 1.93. The van der Waals surface area contributed by atoms with Crippen LogP contribution in [0.25, 0.3) is 0 Å². The lowest BCUT2D eigenvalue weighted by Gasteiger charge is -2.17. The Bertz CT molecular complexity index is 281. The lowest BCUT2D eigenvalue weighted by Crippen LogP contribution is -2.25. The number of aliphatic hydroxyl groups is 2. The van der Waals surface area contributed by atoms with E-state index in [-0.39, 0.29) is 19.3 Å². The second-order valence-corrected chi connectivity index (χ2v) is 3.42. The summed E-state index contributed by atoms with van der Waals surface area (Å²) in [5.41, 5.74) is 0.779. The van der Waals surface area contributed by atoms with Gasteiger partial charge in [0.05, 0.1) is 23.4 Å². The first-order chi connectivity index (χ1) is 6.77. The van der Waals surface area contributed by atoms with Crippen LogP contribution in [0.2, 0.25) is 5.02 Å². The molecule has 0 fully saturated rings. The molecule has 1 rings (SSSR count). The van der Waals surface area contributed by atoms with E-state index >= 15 is 0 Å². The first-order valence-electron chi connectivity index (χ1n) is 4.50. The number of para-hydroxylation sites is 1. The van der Waals surface area contributed by atoms with Crippen LogP contribution in [-0.2, 0) is 0 Å². The smallest absolute Gasteiger partial charge is 0.0637 e. The molecule has 0 radical (unpaired) electrons. The Morgan fingerprint density at radius 2 is 2.00 bits per heavy atom. The summed E-state index contributed by atoms with van der Waals surface area (Å²) >= 11 is 5.92.